The van der Waals surface area contributed by atoms with Crippen LogP contribution in [0.1, 0.15) is 11.5 Å². The van der Waals surface area contributed by atoms with Crippen LogP contribution in [-0.4, -0.2) is 30.2 Å². The van der Waals surface area contributed by atoms with Crippen molar-refractivity contribution < 1.29 is 9.15 Å². The zero-order valence-corrected chi connectivity index (χ0v) is 11.7. The summed E-state index contributed by atoms with van der Waals surface area (Å²) in [6, 6.07) is 8.36. The van der Waals surface area contributed by atoms with E-state index in [0.29, 0.717) is 30.8 Å². The van der Waals surface area contributed by atoms with Gasteiger partial charge in [0.2, 0.25) is 5.89 Å². The van der Waals surface area contributed by atoms with Crippen molar-refractivity contribution in [1.29, 1.82) is 0 Å². The van der Waals surface area contributed by atoms with Gasteiger partial charge in [-0.25, -0.2) is 0 Å². The zero-order valence-electron chi connectivity index (χ0n) is 11.0. The van der Waals surface area contributed by atoms with Crippen LogP contribution >= 0.6 is 11.6 Å². The second kappa shape index (κ2) is 6.43. The first kappa shape index (κ1) is 13.7. The van der Waals surface area contributed by atoms with E-state index in [2.05, 4.69) is 10.2 Å². The van der Waals surface area contributed by atoms with Crippen LogP contribution in [0, 0.1) is 0 Å². The minimum absolute atomic E-state index is 0.476. The molecular weight excluding hydrogens is 266 g/mol. The lowest BCUT2D eigenvalue weighted by Crippen LogP contribution is -2.16. The molecule has 0 radical (unpaired) electrons. The number of ether oxygens (including phenoxy) is 1. The van der Waals surface area contributed by atoms with Gasteiger partial charge >= 0.3 is 6.01 Å². The van der Waals surface area contributed by atoms with Gasteiger partial charge in [0.05, 0.1) is 7.11 Å². The van der Waals surface area contributed by atoms with Crippen molar-refractivity contribution in [3.8, 4) is 5.75 Å². The molecule has 1 aromatic heterocycles. The highest BCUT2D eigenvalue weighted by molar-refractivity contribution is 6.17. The van der Waals surface area contributed by atoms with E-state index in [4.69, 9.17) is 20.8 Å². The van der Waals surface area contributed by atoms with E-state index in [-0.39, 0.29) is 0 Å². The molecule has 1 aromatic carbocycles. The lowest BCUT2D eigenvalue weighted by Gasteiger charge is -2.13. The Hall–Kier alpha value is -1.75. The van der Waals surface area contributed by atoms with E-state index in [1.165, 1.54) is 0 Å². The van der Waals surface area contributed by atoms with Gasteiger partial charge in [-0.05, 0) is 17.7 Å². The van der Waals surface area contributed by atoms with Crippen LogP contribution < -0.4 is 9.64 Å². The Bertz CT molecular complexity index is 513. The van der Waals surface area contributed by atoms with Crippen LogP contribution in [0.15, 0.2) is 28.7 Å². The number of halogens is 1. The van der Waals surface area contributed by atoms with E-state index >= 15 is 0 Å². The quantitative estimate of drug-likeness (QED) is 0.762. The van der Waals surface area contributed by atoms with E-state index in [9.17, 15) is 0 Å². The first-order valence-corrected chi connectivity index (χ1v) is 6.49. The van der Waals surface area contributed by atoms with Crippen LogP contribution in [0.2, 0.25) is 0 Å². The Labute approximate surface area is 117 Å². The molecule has 5 nitrogen and oxygen atoms in total. The van der Waals surface area contributed by atoms with Crippen molar-refractivity contribution in [2.75, 3.05) is 24.9 Å². The molecule has 0 amide bonds. The highest BCUT2D eigenvalue weighted by Gasteiger charge is 2.10. The molecule has 6 heteroatoms. The molecule has 0 aliphatic rings. The SMILES string of the molecule is COc1ccc(CN(C)c2nnc(CCCl)o2)cc1. The monoisotopic (exact) mass is 281 g/mol. The Balaban J connectivity index is 2.00. The smallest absolute Gasteiger partial charge is 0.318 e. The number of alkyl halides is 1. The summed E-state index contributed by atoms with van der Waals surface area (Å²) in [7, 11) is 3.56. The molecule has 0 aliphatic heterocycles. The van der Waals surface area contributed by atoms with Gasteiger partial charge in [0.1, 0.15) is 5.75 Å². The van der Waals surface area contributed by atoms with Gasteiger partial charge < -0.3 is 14.1 Å². The largest absolute Gasteiger partial charge is 0.497 e. The molecule has 2 aromatic rings. The van der Waals surface area contributed by atoms with Crippen LogP contribution in [0.4, 0.5) is 6.01 Å². The van der Waals surface area contributed by atoms with E-state index in [0.717, 1.165) is 11.3 Å². The molecule has 0 saturated carbocycles. The number of hydrogen-bond acceptors (Lipinski definition) is 5. The summed E-state index contributed by atoms with van der Waals surface area (Å²) in [5, 5.41) is 7.92. The summed E-state index contributed by atoms with van der Waals surface area (Å²) in [5.74, 6) is 1.88. The number of methoxy groups -OCH3 is 1. The number of hydrogen-bond donors (Lipinski definition) is 0. The van der Waals surface area contributed by atoms with Gasteiger partial charge in [-0.15, -0.1) is 16.7 Å². The zero-order chi connectivity index (χ0) is 13.7. The summed E-state index contributed by atoms with van der Waals surface area (Å²) >= 11 is 5.63. The average Bonchev–Trinajstić information content (AvgIpc) is 2.89. The van der Waals surface area contributed by atoms with E-state index < -0.39 is 0 Å². The first-order valence-electron chi connectivity index (χ1n) is 5.95. The van der Waals surface area contributed by atoms with Crippen molar-refractivity contribution in [2.24, 2.45) is 0 Å². The van der Waals surface area contributed by atoms with Crippen molar-refractivity contribution in [1.82, 2.24) is 10.2 Å². The molecule has 0 aliphatic carbocycles. The molecule has 0 fully saturated rings. The maximum atomic E-state index is 5.63. The molecule has 2 rings (SSSR count). The highest BCUT2D eigenvalue weighted by atomic mass is 35.5. The van der Waals surface area contributed by atoms with Gasteiger partial charge in [0, 0.05) is 25.9 Å². The Morgan fingerprint density at radius 3 is 2.63 bits per heavy atom. The molecule has 102 valence electrons. The summed E-state index contributed by atoms with van der Waals surface area (Å²) in [5.41, 5.74) is 1.14. The third-order valence-corrected chi connectivity index (χ3v) is 2.86. The molecule has 0 bridgehead atoms. The summed E-state index contributed by atoms with van der Waals surface area (Å²) < 4.78 is 10.6. The molecule has 0 atom stereocenters. The van der Waals surface area contributed by atoms with Gasteiger partial charge in [-0.1, -0.05) is 17.2 Å². The maximum Gasteiger partial charge on any atom is 0.318 e. The second-order valence-corrected chi connectivity index (χ2v) is 4.50. The third-order valence-electron chi connectivity index (χ3n) is 2.67. The predicted molar refractivity (Wildman–Crippen MR) is 73.8 cm³/mol. The summed E-state index contributed by atoms with van der Waals surface area (Å²) in [6.45, 7) is 0.687. The fourth-order valence-corrected chi connectivity index (χ4v) is 1.81. The Morgan fingerprint density at radius 2 is 2.00 bits per heavy atom. The lowest BCUT2D eigenvalue weighted by molar-refractivity contribution is 0.414. The topological polar surface area (TPSA) is 51.4 Å². The Morgan fingerprint density at radius 1 is 1.26 bits per heavy atom. The standard InChI is InChI=1S/C13H16ClN3O2/c1-17(13-16-15-12(19-13)7-8-14)9-10-3-5-11(18-2)6-4-10/h3-6H,7-9H2,1-2H3. The second-order valence-electron chi connectivity index (χ2n) is 4.12. The first-order chi connectivity index (χ1) is 9.22. The number of aromatic nitrogens is 2. The van der Waals surface area contributed by atoms with Crippen LogP contribution in [-0.2, 0) is 13.0 Å². The molecule has 0 N–H and O–H groups in total. The van der Waals surface area contributed by atoms with Gasteiger partial charge in [-0.3, -0.25) is 0 Å². The van der Waals surface area contributed by atoms with Gasteiger partial charge in [0.25, 0.3) is 0 Å². The molecular formula is C13H16ClN3O2. The minimum atomic E-state index is 0.476. The van der Waals surface area contributed by atoms with E-state index in [1.807, 2.05) is 36.2 Å². The van der Waals surface area contributed by atoms with Crippen molar-refractivity contribution >= 4 is 17.6 Å². The van der Waals surface area contributed by atoms with Crippen LogP contribution in [0.5, 0.6) is 5.75 Å². The average molecular weight is 282 g/mol. The summed E-state index contributed by atoms with van der Waals surface area (Å²) in [4.78, 5) is 1.90. The number of benzene rings is 1. The highest BCUT2D eigenvalue weighted by Crippen LogP contribution is 2.16. The number of aryl methyl sites for hydroxylation is 1. The normalized spacial score (nSPS) is 10.5. The van der Waals surface area contributed by atoms with Crippen molar-refractivity contribution in [2.45, 2.75) is 13.0 Å². The predicted octanol–water partition coefficient (Wildman–Crippen LogP) is 2.50. The molecule has 0 saturated heterocycles. The lowest BCUT2D eigenvalue weighted by atomic mass is 10.2. The van der Waals surface area contributed by atoms with Crippen LogP contribution in [0.25, 0.3) is 0 Å². The minimum Gasteiger partial charge on any atom is -0.497 e. The van der Waals surface area contributed by atoms with Crippen LogP contribution in [0.3, 0.4) is 0 Å². The van der Waals surface area contributed by atoms with Crippen molar-refractivity contribution in [3.63, 3.8) is 0 Å². The number of rotatable bonds is 6. The number of anilines is 1. The Kier molecular flexibility index (Phi) is 4.63. The summed E-state index contributed by atoms with van der Waals surface area (Å²) in [6.07, 6.45) is 0.588. The van der Waals surface area contributed by atoms with Crippen molar-refractivity contribution in [3.05, 3.63) is 35.7 Å². The fourth-order valence-electron chi connectivity index (χ4n) is 1.65. The number of nitrogens with zero attached hydrogens (tertiary/aromatic N) is 3. The van der Waals surface area contributed by atoms with E-state index in [1.54, 1.807) is 7.11 Å². The maximum absolute atomic E-state index is 5.63. The van der Waals surface area contributed by atoms with Gasteiger partial charge in [-0.2, -0.15) is 0 Å². The molecule has 19 heavy (non-hydrogen) atoms. The third kappa shape index (κ3) is 3.61. The van der Waals surface area contributed by atoms with Gasteiger partial charge in [0.15, 0.2) is 0 Å². The molecule has 1 heterocycles. The molecule has 0 unspecified atom stereocenters. The molecule has 0 spiro atoms. The fraction of sp³-hybridized carbons (Fsp3) is 0.385.